The average Bonchev–Trinajstić information content (AvgIpc) is 3.11. The van der Waals surface area contributed by atoms with Gasteiger partial charge in [-0.15, -0.1) is 5.10 Å². The van der Waals surface area contributed by atoms with Crippen LogP contribution in [0.5, 0.6) is 0 Å². The lowest BCUT2D eigenvalue weighted by molar-refractivity contribution is -0.134. The highest BCUT2D eigenvalue weighted by Gasteiger charge is 2.31. The number of nitrogens with zero attached hydrogens (tertiary/aromatic N) is 5. The number of hydrogen-bond donors (Lipinski definition) is 2. The Kier molecular flexibility index (Phi) is 5.90. The number of carbonyl (C=O) groups is 2. The van der Waals surface area contributed by atoms with Gasteiger partial charge in [-0.25, -0.2) is 4.68 Å². The second kappa shape index (κ2) is 8.52. The van der Waals surface area contributed by atoms with Gasteiger partial charge >= 0.3 is 0 Å². The third-order valence-corrected chi connectivity index (χ3v) is 4.34. The fourth-order valence-corrected chi connectivity index (χ4v) is 3.06. The van der Waals surface area contributed by atoms with Gasteiger partial charge in [0.1, 0.15) is 6.33 Å². The van der Waals surface area contributed by atoms with Gasteiger partial charge in [0, 0.05) is 26.2 Å². The molecule has 9 nitrogen and oxygen atoms in total. The maximum Gasteiger partial charge on any atom is 0.237 e. The second-order valence-corrected chi connectivity index (χ2v) is 6.39. The largest absolute Gasteiger partial charge is 0.354 e. The fraction of sp³-hybridized carbons (Fsp3) is 0.471. The molecule has 2 amide bonds. The van der Waals surface area contributed by atoms with Crippen LogP contribution in [0.15, 0.2) is 30.6 Å². The first-order valence-corrected chi connectivity index (χ1v) is 8.66. The molecule has 1 aliphatic heterocycles. The Balaban J connectivity index is 1.55. The highest BCUT2D eigenvalue weighted by Crippen LogP contribution is 2.14. The van der Waals surface area contributed by atoms with Crippen molar-refractivity contribution in [3.05, 3.63) is 41.7 Å². The van der Waals surface area contributed by atoms with E-state index >= 15 is 0 Å². The van der Waals surface area contributed by atoms with Gasteiger partial charge in [-0.3, -0.25) is 14.5 Å². The Morgan fingerprint density at radius 3 is 3.08 bits per heavy atom. The number of tetrazole rings is 1. The number of piperazine rings is 1. The molecule has 1 atom stereocenters. The lowest BCUT2D eigenvalue weighted by Crippen LogP contribution is -2.56. The fourth-order valence-electron chi connectivity index (χ4n) is 3.06. The number of nitrogens with one attached hydrogen (secondary N) is 2. The van der Waals surface area contributed by atoms with Crippen LogP contribution in [0, 0.1) is 6.92 Å². The van der Waals surface area contributed by atoms with Gasteiger partial charge in [-0.05, 0) is 22.9 Å². The first-order valence-electron chi connectivity index (χ1n) is 8.66. The number of carbonyl (C=O) groups excluding carboxylic acids is 2. The highest BCUT2D eigenvalue weighted by molar-refractivity contribution is 5.88. The van der Waals surface area contributed by atoms with Crippen LogP contribution in [0.2, 0.25) is 0 Å². The van der Waals surface area contributed by atoms with Crippen molar-refractivity contribution in [2.75, 3.05) is 19.6 Å². The second-order valence-electron chi connectivity index (χ2n) is 6.39. The molecule has 1 fully saturated rings. The van der Waals surface area contributed by atoms with Crippen LogP contribution in [0.1, 0.15) is 17.5 Å². The molecule has 9 heteroatoms. The monoisotopic (exact) mass is 357 g/mol. The van der Waals surface area contributed by atoms with Gasteiger partial charge in [0.15, 0.2) is 0 Å². The summed E-state index contributed by atoms with van der Waals surface area (Å²) in [5, 5.41) is 16.5. The average molecular weight is 357 g/mol. The Morgan fingerprint density at radius 2 is 2.31 bits per heavy atom. The smallest absolute Gasteiger partial charge is 0.237 e. The molecule has 0 bridgehead atoms. The quantitative estimate of drug-likeness (QED) is 0.691. The van der Waals surface area contributed by atoms with E-state index in [1.807, 2.05) is 25.1 Å². The van der Waals surface area contributed by atoms with E-state index in [2.05, 4.69) is 37.1 Å². The van der Waals surface area contributed by atoms with Crippen molar-refractivity contribution < 1.29 is 9.59 Å². The van der Waals surface area contributed by atoms with Crippen LogP contribution in [-0.2, 0) is 22.7 Å². The summed E-state index contributed by atoms with van der Waals surface area (Å²) in [6.07, 6.45) is 1.62. The van der Waals surface area contributed by atoms with E-state index in [1.165, 1.54) is 16.6 Å². The maximum atomic E-state index is 12.3. The van der Waals surface area contributed by atoms with Crippen molar-refractivity contribution in [2.45, 2.75) is 32.5 Å². The van der Waals surface area contributed by atoms with Crippen LogP contribution in [0.4, 0.5) is 0 Å². The molecule has 2 heterocycles. The van der Waals surface area contributed by atoms with E-state index in [4.69, 9.17) is 0 Å². The molecule has 2 aromatic rings. The molecule has 1 aromatic heterocycles. The number of benzene rings is 1. The Labute approximate surface area is 151 Å². The third-order valence-electron chi connectivity index (χ3n) is 4.34. The van der Waals surface area contributed by atoms with Gasteiger partial charge in [0.2, 0.25) is 11.8 Å². The van der Waals surface area contributed by atoms with E-state index in [0.29, 0.717) is 26.2 Å². The predicted octanol–water partition coefficient (Wildman–Crippen LogP) is -0.512. The normalized spacial score (nSPS) is 17.7. The molecule has 1 aromatic carbocycles. The molecule has 138 valence electrons. The van der Waals surface area contributed by atoms with E-state index in [9.17, 15) is 9.59 Å². The Morgan fingerprint density at radius 1 is 1.42 bits per heavy atom. The summed E-state index contributed by atoms with van der Waals surface area (Å²) in [4.78, 5) is 26.6. The van der Waals surface area contributed by atoms with Gasteiger partial charge in [0.25, 0.3) is 0 Å². The van der Waals surface area contributed by atoms with Crippen LogP contribution in [0.3, 0.4) is 0 Å². The van der Waals surface area contributed by atoms with Crippen molar-refractivity contribution in [3.63, 3.8) is 0 Å². The summed E-state index contributed by atoms with van der Waals surface area (Å²) in [6, 6.07) is 7.74. The molecule has 0 spiro atoms. The van der Waals surface area contributed by atoms with Gasteiger partial charge < -0.3 is 10.6 Å². The molecule has 0 saturated carbocycles. The lowest BCUT2D eigenvalue weighted by Gasteiger charge is -2.34. The molecule has 1 saturated heterocycles. The Hall–Kier alpha value is -2.81. The molecule has 26 heavy (non-hydrogen) atoms. The molecule has 0 aliphatic carbocycles. The predicted molar refractivity (Wildman–Crippen MR) is 93.8 cm³/mol. The first kappa shape index (κ1) is 18.0. The van der Waals surface area contributed by atoms with Crippen molar-refractivity contribution >= 4 is 11.8 Å². The van der Waals surface area contributed by atoms with Gasteiger partial charge in [-0.2, -0.15) is 0 Å². The summed E-state index contributed by atoms with van der Waals surface area (Å²) in [7, 11) is 0. The minimum atomic E-state index is -0.461. The molecule has 1 aliphatic rings. The number of aryl methyl sites for hydroxylation is 1. The van der Waals surface area contributed by atoms with Crippen molar-refractivity contribution in [3.8, 4) is 0 Å². The number of rotatable bonds is 7. The van der Waals surface area contributed by atoms with Crippen molar-refractivity contribution in [1.82, 2.24) is 35.7 Å². The topological polar surface area (TPSA) is 105 Å². The maximum absolute atomic E-state index is 12.3. The van der Waals surface area contributed by atoms with E-state index in [0.717, 1.165) is 12.1 Å². The summed E-state index contributed by atoms with van der Waals surface area (Å²) < 4.78 is 1.54. The highest BCUT2D eigenvalue weighted by atomic mass is 16.2. The third kappa shape index (κ3) is 4.85. The van der Waals surface area contributed by atoms with Crippen LogP contribution >= 0.6 is 0 Å². The van der Waals surface area contributed by atoms with Gasteiger partial charge in [0.05, 0.1) is 19.0 Å². The van der Waals surface area contributed by atoms with Crippen molar-refractivity contribution in [1.29, 1.82) is 0 Å². The molecule has 2 N–H and O–H groups in total. The van der Waals surface area contributed by atoms with Crippen LogP contribution in [-0.4, -0.2) is 62.6 Å². The minimum Gasteiger partial charge on any atom is -0.354 e. The van der Waals surface area contributed by atoms with Crippen LogP contribution < -0.4 is 10.6 Å². The first-order chi connectivity index (χ1) is 12.6. The van der Waals surface area contributed by atoms with E-state index < -0.39 is 6.04 Å². The summed E-state index contributed by atoms with van der Waals surface area (Å²) in [6.45, 7) is 4.92. The summed E-state index contributed by atoms with van der Waals surface area (Å²) in [5.74, 6) is -0.256. The zero-order chi connectivity index (χ0) is 18.4. The van der Waals surface area contributed by atoms with Gasteiger partial charge in [-0.1, -0.05) is 29.8 Å². The summed E-state index contributed by atoms with van der Waals surface area (Å²) >= 11 is 0. The van der Waals surface area contributed by atoms with Crippen LogP contribution in [0.25, 0.3) is 0 Å². The van der Waals surface area contributed by atoms with E-state index in [1.54, 1.807) is 0 Å². The number of aromatic nitrogens is 4. The minimum absolute atomic E-state index is 0.0977. The number of hydrogen-bond acceptors (Lipinski definition) is 6. The molecular weight excluding hydrogens is 334 g/mol. The lowest BCUT2D eigenvalue weighted by atomic mass is 10.1. The standard InChI is InChI=1S/C17H23N7O2/c1-13-3-2-4-14(9-13)11-23-7-5-19-17(26)15(23)10-16(25)18-6-8-24-12-20-21-22-24/h2-4,9,12,15H,5-8,10-11H2,1H3,(H,18,25)(H,19,26)/t15-/m0/s1. The molecule has 0 unspecified atom stereocenters. The number of amides is 2. The summed E-state index contributed by atoms with van der Waals surface area (Å²) in [5.41, 5.74) is 2.32. The van der Waals surface area contributed by atoms with Crippen molar-refractivity contribution in [2.24, 2.45) is 0 Å². The Bertz CT molecular complexity index is 747. The molecular formula is C17H23N7O2. The zero-order valence-electron chi connectivity index (χ0n) is 14.8. The molecule has 0 radical (unpaired) electrons. The molecule has 3 rings (SSSR count). The van der Waals surface area contributed by atoms with E-state index in [-0.39, 0.29) is 18.2 Å². The zero-order valence-corrected chi connectivity index (χ0v) is 14.8. The SMILES string of the molecule is Cc1cccc(CN2CCNC(=O)[C@@H]2CC(=O)NCCn2cnnn2)c1.